The van der Waals surface area contributed by atoms with Crippen LogP contribution in [0.5, 0.6) is 0 Å². The van der Waals surface area contributed by atoms with Crippen LogP contribution in [0.3, 0.4) is 0 Å². The maximum absolute atomic E-state index is 12.3. The van der Waals surface area contributed by atoms with E-state index < -0.39 is 5.41 Å². The Bertz CT molecular complexity index is 472. The predicted molar refractivity (Wildman–Crippen MR) is 67.2 cm³/mol. The fourth-order valence-corrected chi connectivity index (χ4v) is 2.64. The van der Waals surface area contributed by atoms with Crippen LogP contribution < -0.4 is 0 Å². The number of nitrogens with zero attached hydrogens (tertiary/aromatic N) is 3. The summed E-state index contributed by atoms with van der Waals surface area (Å²) in [6.45, 7) is 2.60. The molecule has 1 aliphatic carbocycles. The first-order valence-corrected chi connectivity index (χ1v) is 6.13. The minimum atomic E-state index is -0.777. The summed E-state index contributed by atoms with van der Waals surface area (Å²) in [7, 11) is 1.75. The van der Waals surface area contributed by atoms with Gasteiger partial charge in [0.05, 0.1) is 6.07 Å². The summed E-state index contributed by atoms with van der Waals surface area (Å²) in [5.41, 5.74) is 0.252. The first-order chi connectivity index (χ1) is 8.57. The number of pyridine rings is 1. The number of rotatable bonds is 3. The molecule has 0 bridgehead atoms. The van der Waals surface area contributed by atoms with Gasteiger partial charge >= 0.3 is 0 Å². The highest BCUT2D eigenvalue weighted by Gasteiger charge is 2.50. The Kier molecular flexibility index (Phi) is 3.33. The van der Waals surface area contributed by atoms with Gasteiger partial charge in [-0.15, -0.1) is 0 Å². The molecule has 1 aromatic heterocycles. The number of aromatic nitrogens is 1. The van der Waals surface area contributed by atoms with Gasteiger partial charge in [0.25, 0.3) is 0 Å². The topological polar surface area (TPSA) is 57.0 Å². The van der Waals surface area contributed by atoms with E-state index in [0.717, 1.165) is 5.56 Å². The zero-order valence-corrected chi connectivity index (χ0v) is 10.8. The maximum Gasteiger partial charge on any atom is 0.243 e. The van der Waals surface area contributed by atoms with E-state index in [-0.39, 0.29) is 5.91 Å². The zero-order valence-electron chi connectivity index (χ0n) is 10.8. The molecule has 0 unspecified atom stereocenters. The molecule has 1 aliphatic rings. The first-order valence-electron chi connectivity index (χ1n) is 6.13. The van der Waals surface area contributed by atoms with Crippen LogP contribution in [0.25, 0.3) is 0 Å². The first kappa shape index (κ1) is 12.6. The molecule has 18 heavy (non-hydrogen) atoms. The molecular weight excluding hydrogens is 226 g/mol. The minimum Gasteiger partial charge on any atom is -0.340 e. The average molecular weight is 243 g/mol. The van der Waals surface area contributed by atoms with Crippen molar-refractivity contribution in [1.82, 2.24) is 9.88 Å². The molecule has 0 radical (unpaired) electrons. The number of nitriles is 1. The molecule has 0 aliphatic heterocycles. The number of amides is 1. The molecule has 0 aromatic carbocycles. The molecule has 1 aromatic rings. The van der Waals surface area contributed by atoms with Gasteiger partial charge in [-0.3, -0.25) is 9.78 Å². The van der Waals surface area contributed by atoms with Gasteiger partial charge in [0, 0.05) is 26.0 Å². The number of carbonyl (C=O) groups excluding carboxylic acids is 1. The van der Waals surface area contributed by atoms with Gasteiger partial charge in [0.1, 0.15) is 5.41 Å². The Morgan fingerprint density at radius 1 is 1.56 bits per heavy atom. The van der Waals surface area contributed by atoms with Crippen molar-refractivity contribution < 1.29 is 4.79 Å². The highest BCUT2D eigenvalue weighted by Crippen LogP contribution is 2.46. The maximum atomic E-state index is 12.3. The van der Waals surface area contributed by atoms with Crippen LogP contribution in [-0.2, 0) is 11.3 Å². The molecular formula is C14H17N3O. The summed E-state index contributed by atoms with van der Waals surface area (Å²) in [5.74, 6) is 0.419. The van der Waals surface area contributed by atoms with Crippen LogP contribution in [0.1, 0.15) is 25.3 Å². The van der Waals surface area contributed by atoms with E-state index in [2.05, 4.69) is 18.0 Å². The van der Waals surface area contributed by atoms with Crippen LogP contribution >= 0.6 is 0 Å². The van der Waals surface area contributed by atoms with E-state index in [1.807, 2.05) is 12.1 Å². The Hall–Kier alpha value is -1.89. The summed E-state index contributed by atoms with van der Waals surface area (Å²) < 4.78 is 0. The van der Waals surface area contributed by atoms with Crippen LogP contribution in [0, 0.1) is 22.7 Å². The summed E-state index contributed by atoms with van der Waals surface area (Å²) >= 11 is 0. The molecule has 1 fully saturated rings. The second-order valence-electron chi connectivity index (χ2n) is 5.22. The Morgan fingerprint density at radius 3 is 2.67 bits per heavy atom. The quantitative estimate of drug-likeness (QED) is 0.815. The highest BCUT2D eigenvalue weighted by molar-refractivity contribution is 5.86. The molecule has 1 heterocycles. The minimum absolute atomic E-state index is 0.0556. The van der Waals surface area contributed by atoms with Gasteiger partial charge in [0.15, 0.2) is 0 Å². The van der Waals surface area contributed by atoms with Crippen molar-refractivity contribution in [1.29, 1.82) is 5.26 Å². The molecule has 0 N–H and O–H groups in total. The molecule has 0 saturated heterocycles. The second kappa shape index (κ2) is 4.77. The van der Waals surface area contributed by atoms with Crippen LogP contribution in [-0.4, -0.2) is 22.8 Å². The van der Waals surface area contributed by atoms with Crippen LogP contribution in [0.2, 0.25) is 0 Å². The van der Waals surface area contributed by atoms with Gasteiger partial charge in [-0.25, -0.2) is 0 Å². The lowest BCUT2D eigenvalue weighted by Gasteiger charge is -2.41. The van der Waals surface area contributed by atoms with Gasteiger partial charge < -0.3 is 4.90 Å². The third-order valence-corrected chi connectivity index (χ3v) is 3.53. The fourth-order valence-electron chi connectivity index (χ4n) is 2.64. The van der Waals surface area contributed by atoms with Gasteiger partial charge in [-0.2, -0.15) is 5.26 Å². The normalized spacial score (nSPS) is 25.9. The molecule has 4 nitrogen and oxygen atoms in total. The molecule has 1 saturated carbocycles. The van der Waals surface area contributed by atoms with Crippen molar-refractivity contribution in [2.24, 2.45) is 11.3 Å². The Morgan fingerprint density at radius 2 is 2.17 bits per heavy atom. The van der Waals surface area contributed by atoms with E-state index in [1.54, 1.807) is 24.3 Å². The second-order valence-corrected chi connectivity index (χ2v) is 5.22. The monoisotopic (exact) mass is 243 g/mol. The average Bonchev–Trinajstić information content (AvgIpc) is 2.35. The molecule has 4 heteroatoms. The summed E-state index contributed by atoms with van der Waals surface area (Å²) in [4.78, 5) is 17.9. The fraction of sp³-hybridized carbons (Fsp3) is 0.500. The highest BCUT2D eigenvalue weighted by atomic mass is 16.2. The SMILES string of the molecule is CC1CC(C#N)(C(=O)N(C)Cc2ccncc2)C1. The van der Waals surface area contributed by atoms with Crippen LogP contribution in [0.15, 0.2) is 24.5 Å². The van der Waals surface area contributed by atoms with Crippen molar-refractivity contribution >= 4 is 5.91 Å². The smallest absolute Gasteiger partial charge is 0.243 e. The van der Waals surface area contributed by atoms with Gasteiger partial charge in [0.2, 0.25) is 5.91 Å². The van der Waals surface area contributed by atoms with Crippen molar-refractivity contribution in [2.45, 2.75) is 26.3 Å². The van der Waals surface area contributed by atoms with Crippen molar-refractivity contribution in [3.63, 3.8) is 0 Å². The standard InChI is InChI=1S/C14H17N3O/c1-11-7-14(8-11,10-15)13(18)17(2)9-12-3-5-16-6-4-12/h3-6,11H,7-9H2,1-2H3. The summed E-state index contributed by atoms with van der Waals surface area (Å²) in [6, 6.07) is 5.97. The lowest BCUT2D eigenvalue weighted by atomic mass is 9.63. The summed E-state index contributed by atoms with van der Waals surface area (Å²) in [6.07, 6.45) is 4.78. The van der Waals surface area contributed by atoms with Gasteiger partial charge in [-0.1, -0.05) is 6.92 Å². The van der Waals surface area contributed by atoms with E-state index in [0.29, 0.717) is 25.3 Å². The largest absolute Gasteiger partial charge is 0.340 e. The Balaban J connectivity index is 2.04. The third kappa shape index (κ3) is 2.21. The summed E-state index contributed by atoms with van der Waals surface area (Å²) in [5, 5.41) is 9.23. The predicted octanol–water partition coefficient (Wildman–Crippen LogP) is 1.98. The van der Waals surface area contributed by atoms with Gasteiger partial charge in [-0.05, 0) is 36.5 Å². The molecule has 94 valence electrons. The van der Waals surface area contributed by atoms with E-state index in [4.69, 9.17) is 0 Å². The van der Waals surface area contributed by atoms with E-state index in [9.17, 15) is 10.1 Å². The van der Waals surface area contributed by atoms with E-state index >= 15 is 0 Å². The molecule has 2 rings (SSSR count). The Labute approximate surface area is 107 Å². The number of hydrogen-bond acceptors (Lipinski definition) is 3. The third-order valence-electron chi connectivity index (χ3n) is 3.53. The molecule has 1 amide bonds. The lowest BCUT2D eigenvalue weighted by molar-refractivity contribution is -0.144. The lowest BCUT2D eigenvalue weighted by Crippen LogP contribution is -2.48. The van der Waals surface area contributed by atoms with E-state index in [1.165, 1.54) is 0 Å². The van der Waals surface area contributed by atoms with Crippen molar-refractivity contribution in [2.75, 3.05) is 7.05 Å². The van der Waals surface area contributed by atoms with Crippen molar-refractivity contribution in [3.8, 4) is 6.07 Å². The zero-order chi connectivity index (χ0) is 13.2. The molecule has 0 atom stereocenters. The van der Waals surface area contributed by atoms with Crippen molar-refractivity contribution in [3.05, 3.63) is 30.1 Å². The molecule has 0 spiro atoms. The number of carbonyl (C=O) groups is 1. The van der Waals surface area contributed by atoms with Crippen LogP contribution in [0.4, 0.5) is 0 Å². The number of hydrogen-bond donors (Lipinski definition) is 0.